The van der Waals surface area contributed by atoms with Gasteiger partial charge in [0.25, 0.3) is 5.91 Å². The predicted octanol–water partition coefficient (Wildman–Crippen LogP) is 5.69. The minimum absolute atomic E-state index is 0.00225. The van der Waals surface area contributed by atoms with Crippen molar-refractivity contribution in [3.8, 4) is 6.07 Å². The summed E-state index contributed by atoms with van der Waals surface area (Å²) in [4.78, 5) is 12.4. The van der Waals surface area contributed by atoms with E-state index in [0.29, 0.717) is 15.7 Å². The molecule has 0 unspecified atom stereocenters. The number of rotatable bonds is 3. The van der Waals surface area contributed by atoms with Crippen LogP contribution in [0, 0.1) is 11.3 Å². The van der Waals surface area contributed by atoms with Crippen LogP contribution in [0.1, 0.15) is 5.56 Å². The van der Waals surface area contributed by atoms with Crippen LogP contribution in [0.25, 0.3) is 16.8 Å². The quantitative estimate of drug-likeness (QED) is 0.477. The van der Waals surface area contributed by atoms with Crippen LogP contribution in [0.15, 0.2) is 66.2 Å². The number of amides is 1. The number of nitrogens with one attached hydrogen (secondary N) is 1. The van der Waals surface area contributed by atoms with Crippen molar-refractivity contribution in [3.05, 3.63) is 81.8 Å². The second-order valence-corrected chi connectivity index (χ2v) is 6.14. The minimum atomic E-state index is -0.506. The van der Waals surface area contributed by atoms with E-state index in [9.17, 15) is 10.1 Å². The Hall–Kier alpha value is -2.80. The van der Waals surface area contributed by atoms with Crippen molar-refractivity contribution in [2.75, 3.05) is 5.32 Å². The molecule has 1 amide bonds. The van der Waals surface area contributed by atoms with Gasteiger partial charge in [0, 0.05) is 5.69 Å². The molecule has 0 radical (unpaired) electrons. The van der Waals surface area contributed by atoms with Crippen molar-refractivity contribution in [1.82, 2.24) is 0 Å². The second-order valence-electron chi connectivity index (χ2n) is 5.32. The molecule has 1 N–H and O–H groups in total. The maximum atomic E-state index is 12.4. The van der Waals surface area contributed by atoms with Gasteiger partial charge in [-0.1, -0.05) is 65.7 Å². The molecule has 3 rings (SSSR count). The number of benzene rings is 3. The number of nitriles is 1. The summed E-state index contributed by atoms with van der Waals surface area (Å²) in [6.07, 6.45) is 1.58. The molecule has 0 atom stereocenters. The van der Waals surface area contributed by atoms with Crippen LogP contribution in [0.3, 0.4) is 0 Å². The third kappa shape index (κ3) is 3.83. The second kappa shape index (κ2) is 7.40. The first kappa shape index (κ1) is 17.0. The van der Waals surface area contributed by atoms with E-state index in [1.165, 1.54) is 6.07 Å². The molecular formula is C20H12Cl2N2O. The number of fused-ring (bicyclic) bond motifs is 1. The van der Waals surface area contributed by atoms with E-state index in [0.717, 1.165) is 16.3 Å². The van der Waals surface area contributed by atoms with Gasteiger partial charge in [-0.15, -0.1) is 0 Å². The highest BCUT2D eigenvalue weighted by molar-refractivity contribution is 6.42. The van der Waals surface area contributed by atoms with Crippen LogP contribution < -0.4 is 5.32 Å². The number of anilines is 1. The summed E-state index contributed by atoms with van der Waals surface area (Å²) >= 11 is 11.8. The van der Waals surface area contributed by atoms with Crippen molar-refractivity contribution in [2.24, 2.45) is 0 Å². The molecule has 122 valence electrons. The number of hydrogen-bond acceptors (Lipinski definition) is 2. The maximum Gasteiger partial charge on any atom is 0.266 e. The first-order valence-corrected chi connectivity index (χ1v) is 8.20. The molecule has 0 saturated carbocycles. The molecule has 3 aromatic carbocycles. The lowest BCUT2D eigenvalue weighted by molar-refractivity contribution is -0.112. The fraction of sp³-hybridized carbons (Fsp3) is 0. The van der Waals surface area contributed by atoms with Crippen LogP contribution in [0.2, 0.25) is 10.0 Å². The van der Waals surface area contributed by atoms with Crippen LogP contribution >= 0.6 is 23.2 Å². The average molecular weight is 367 g/mol. The molecule has 25 heavy (non-hydrogen) atoms. The summed E-state index contributed by atoms with van der Waals surface area (Å²) < 4.78 is 0. The van der Waals surface area contributed by atoms with Crippen molar-refractivity contribution in [3.63, 3.8) is 0 Å². The molecular weight excluding hydrogens is 355 g/mol. The highest BCUT2D eigenvalue weighted by Gasteiger charge is 2.11. The van der Waals surface area contributed by atoms with Crippen molar-refractivity contribution in [1.29, 1.82) is 5.26 Å². The maximum absolute atomic E-state index is 12.4. The lowest BCUT2D eigenvalue weighted by Gasteiger charge is -2.06. The molecule has 0 aliphatic carbocycles. The smallest absolute Gasteiger partial charge is 0.266 e. The monoisotopic (exact) mass is 366 g/mol. The van der Waals surface area contributed by atoms with Gasteiger partial charge in [0.2, 0.25) is 0 Å². The zero-order valence-electron chi connectivity index (χ0n) is 13.0. The Labute approximate surface area is 155 Å². The van der Waals surface area contributed by atoms with E-state index in [2.05, 4.69) is 5.32 Å². The summed E-state index contributed by atoms with van der Waals surface area (Å²) in [5.74, 6) is -0.506. The molecule has 0 fully saturated rings. The molecule has 3 aromatic rings. The Morgan fingerprint density at radius 2 is 1.76 bits per heavy atom. The molecule has 5 heteroatoms. The Morgan fingerprint density at radius 3 is 2.52 bits per heavy atom. The molecule has 0 saturated heterocycles. The van der Waals surface area contributed by atoms with Gasteiger partial charge in [0.1, 0.15) is 11.6 Å². The van der Waals surface area contributed by atoms with E-state index >= 15 is 0 Å². The molecule has 0 aliphatic rings. The van der Waals surface area contributed by atoms with E-state index in [1.54, 1.807) is 18.2 Å². The van der Waals surface area contributed by atoms with E-state index < -0.39 is 5.91 Å². The van der Waals surface area contributed by atoms with Gasteiger partial charge in [0.05, 0.1) is 10.0 Å². The Morgan fingerprint density at radius 1 is 1.00 bits per heavy atom. The lowest BCUT2D eigenvalue weighted by atomic mass is 10.0. The first-order valence-electron chi connectivity index (χ1n) is 7.44. The van der Waals surface area contributed by atoms with E-state index in [4.69, 9.17) is 23.2 Å². The third-order valence-electron chi connectivity index (χ3n) is 3.67. The van der Waals surface area contributed by atoms with Crippen LogP contribution in [-0.2, 0) is 4.79 Å². The summed E-state index contributed by atoms with van der Waals surface area (Å²) in [5, 5.41) is 14.8. The number of halogens is 2. The SMILES string of the molecule is N#C/C(=C\c1cccc2ccccc12)C(=O)Nc1ccc(Cl)c(Cl)c1. The van der Waals surface area contributed by atoms with Crippen molar-refractivity contribution >= 4 is 51.6 Å². The Kier molecular flexibility index (Phi) is 5.04. The zero-order chi connectivity index (χ0) is 17.8. The molecule has 0 aliphatic heterocycles. The Bertz CT molecular complexity index is 1030. The predicted molar refractivity (Wildman–Crippen MR) is 103 cm³/mol. The normalized spacial score (nSPS) is 11.2. The van der Waals surface area contributed by atoms with Gasteiger partial charge in [-0.05, 0) is 40.6 Å². The molecule has 3 nitrogen and oxygen atoms in total. The van der Waals surface area contributed by atoms with Gasteiger partial charge in [0.15, 0.2) is 0 Å². The highest BCUT2D eigenvalue weighted by Crippen LogP contribution is 2.26. The summed E-state index contributed by atoms with van der Waals surface area (Å²) in [5.41, 5.74) is 1.28. The van der Waals surface area contributed by atoms with E-state index in [-0.39, 0.29) is 5.57 Å². The molecule has 0 aromatic heterocycles. The summed E-state index contributed by atoms with van der Waals surface area (Å²) in [6.45, 7) is 0. The van der Waals surface area contributed by atoms with Crippen LogP contribution in [-0.4, -0.2) is 5.91 Å². The van der Waals surface area contributed by atoms with Crippen LogP contribution in [0.5, 0.6) is 0 Å². The average Bonchev–Trinajstić information content (AvgIpc) is 2.62. The van der Waals surface area contributed by atoms with E-state index in [1.807, 2.05) is 48.5 Å². The molecule has 0 heterocycles. The van der Waals surface area contributed by atoms with Crippen molar-refractivity contribution in [2.45, 2.75) is 0 Å². The fourth-order valence-electron chi connectivity index (χ4n) is 2.45. The first-order chi connectivity index (χ1) is 12.1. The van der Waals surface area contributed by atoms with Gasteiger partial charge in [-0.25, -0.2) is 0 Å². The number of hydrogen-bond donors (Lipinski definition) is 1. The standard InChI is InChI=1S/C20H12Cl2N2O/c21-18-9-8-16(11-19(18)22)24-20(25)15(12-23)10-14-6-3-5-13-4-1-2-7-17(13)14/h1-11H,(H,24,25)/b15-10+. The number of carbonyl (C=O) groups is 1. The molecule has 0 spiro atoms. The molecule has 0 bridgehead atoms. The number of carbonyl (C=O) groups excluding carboxylic acids is 1. The van der Waals surface area contributed by atoms with Crippen LogP contribution in [0.4, 0.5) is 5.69 Å². The fourth-order valence-corrected chi connectivity index (χ4v) is 2.75. The van der Waals surface area contributed by atoms with Gasteiger partial charge in [-0.3, -0.25) is 4.79 Å². The van der Waals surface area contributed by atoms with Gasteiger partial charge < -0.3 is 5.32 Å². The largest absolute Gasteiger partial charge is 0.321 e. The van der Waals surface area contributed by atoms with Gasteiger partial charge >= 0.3 is 0 Å². The zero-order valence-corrected chi connectivity index (χ0v) is 14.5. The van der Waals surface area contributed by atoms with Gasteiger partial charge in [-0.2, -0.15) is 5.26 Å². The minimum Gasteiger partial charge on any atom is -0.321 e. The lowest BCUT2D eigenvalue weighted by Crippen LogP contribution is -2.13. The summed E-state index contributed by atoms with van der Waals surface area (Å²) in [6, 6.07) is 20.2. The summed E-state index contributed by atoms with van der Waals surface area (Å²) in [7, 11) is 0. The highest BCUT2D eigenvalue weighted by atomic mass is 35.5. The Balaban J connectivity index is 1.93. The number of nitrogens with zero attached hydrogens (tertiary/aromatic N) is 1. The third-order valence-corrected chi connectivity index (χ3v) is 4.40. The topological polar surface area (TPSA) is 52.9 Å². The van der Waals surface area contributed by atoms with Crippen molar-refractivity contribution < 1.29 is 4.79 Å².